The number of benzene rings is 2. The summed E-state index contributed by atoms with van der Waals surface area (Å²) in [6, 6.07) is 14.2. The van der Waals surface area contributed by atoms with Crippen molar-refractivity contribution in [3.63, 3.8) is 0 Å². The maximum Gasteiger partial charge on any atom is 0.242 e. The minimum atomic E-state index is -0.296. The fourth-order valence-electron chi connectivity index (χ4n) is 3.13. The van der Waals surface area contributed by atoms with Crippen LogP contribution < -0.4 is 20.1 Å². The Morgan fingerprint density at radius 1 is 0.970 bits per heavy atom. The molecule has 0 fully saturated rings. The number of rotatable bonds is 11. The van der Waals surface area contributed by atoms with E-state index >= 15 is 0 Å². The molecule has 2 N–H and O–H groups in total. The van der Waals surface area contributed by atoms with Gasteiger partial charge in [-0.25, -0.2) is 0 Å². The second kappa shape index (κ2) is 11.5. The van der Waals surface area contributed by atoms with Gasteiger partial charge in [-0.1, -0.05) is 30.3 Å². The number of carbonyl (C=O) groups excluding carboxylic acids is 3. The second-order valence-corrected chi connectivity index (χ2v) is 7.22. The Balaban J connectivity index is 1.45. The molecule has 0 radical (unpaired) electrons. The standard InChI is InChI=1S/C24H26N4O5/c1-32-20-9-8-18(22(12-20)33-2)13-25-24(31)16-28-15-19(14-26-28)27-23(30)11-10-21(29)17-6-4-3-5-7-17/h3-9,12,14-15H,10-11,13,16H2,1-2H3,(H,25,31)(H,27,30). The van der Waals surface area contributed by atoms with E-state index in [4.69, 9.17) is 9.47 Å². The molecule has 33 heavy (non-hydrogen) atoms. The maximum atomic E-state index is 12.3. The Labute approximate surface area is 191 Å². The number of ether oxygens (including phenoxy) is 2. The van der Waals surface area contributed by atoms with Crippen LogP contribution in [0.1, 0.15) is 28.8 Å². The number of Topliss-reactive ketones (excluding diaryl/α,β-unsaturated/α-hetero) is 1. The molecule has 9 nitrogen and oxygen atoms in total. The average molecular weight is 450 g/mol. The number of amides is 2. The van der Waals surface area contributed by atoms with Gasteiger partial charge in [-0.3, -0.25) is 19.1 Å². The van der Waals surface area contributed by atoms with E-state index in [2.05, 4.69) is 15.7 Å². The van der Waals surface area contributed by atoms with Gasteiger partial charge in [0.05, 0.1) is 26.1 Å². The highest BCUT2D eigenvalue weighted by Gasteiger charge is 2.12. The third kappa shape index (κ3) is 6.93. The van der Waals surface area contributed by atoms with E-state index in [1.807, 2.05) is 12.1 Å². The molecule has 1 aromatic heterocycles. The molecule has 0 atom stereocenters. The third-order valence-electron chi connectivity index (χ3n) is 4.87. The molecule has 0 bridgehead atoms. The Bertz CT molecular complexity index is 1110. The minimum Gasteiger partial charge on any atom is -0.497 e. The van der Waals surface area contributed by atoms with Gasteiger partial charge in [-0.05, 0) is 12.1 Å². The smallest absolute Gasteiger partial charge is 0.242 e. The van der Waals surface area contributed by atoms with E-state index in [0.29, 0.717) is 22.7 Å². The van der Waals surface area contributed by atoms with Crippen LogP contribution in [0.3, 0.4) is 0 Å². The molecule has 9 heteroatoms. The highest BCUT2D eigenvalue weighted by Crippen LogP contribution is 2.24. The first-order valence-corrected chi connectivity index (χ1v) is 10.4. The van der Waals surface area contributed by atoms with E-state index < -0.39 is 0 Å². The second-order valence-electron chi connectivity index (χ2n) is 7.22. The summed E-state index contributed by atoms with van der Waals surface area (Å²) in [5, 5.41) is 9.60. The van der Waals surface area contributed by atoms with Crippen LogP contribution in [0.15, 0.2) is 60.9 Å². The molecule has 0 aliphatic carbocycles. The Hall–Kier alpha value is -4.14. The topological polar surface area (TPSA) is 112 Å². The lowest BCUT2D eigenvalue weighted by Crippen LogP contribution is -2.27. The van der Waals surface area contributed by atoms with Crippen LogP contribution in [0, 0.1) is 0 Å². The fraction of sp³-hybridized carbons (Fsp3) is 0.250. The number of anilines is 1. The van der Waals surface area contributed by atoms with Crippen LogP contribution in [0.25, 0.3) is 0 Å². The van der Waals surface area contributed by atoms with Gasteiger partial charge in [-0.15, -0.1) is 0 Å². The zero-order chi connectivity index (χ0) is 23.6. The number of hydrogen-bond donors (Lipinski definition) is 2. The van der Waals surface area contributed by atoms with E-state index in [9.17, 15) is 14.4 Å². The van der Waals surface area contributed by atoms with Crippen molar-refractivity contribution in [1.29, 1.82) is 0 Å². The first-order chi connectivity index (χ1) is 16.0. The highest BCUT2D eigenvalue weighted by molar-refractivity contribution is 5.99. The van der Waals surface area contributed by atoms with Crippen molar-refractivity contribution in [2.75, 3.05) is 19.5 Å². The van der Waals surface area contributed by atoms with Crippen LogP contribution in [0.2, 0.25) is 0 Å². The molecule has 2 aromatic carbocycles. The van der Waals surface area contributed by atoms with Gasteiger partial charge in [0.1, 0.15) is 18.0 Å². The first kappa shape index (κ1) is 23.5. The van der Waals surface area contributed by atoms with Crippen molar-refractivity contribution >= 4 is 23.3 Å². The van der Waals surface area contributed by atoms with Gasteiger partial charge in [0.15, 0.2) is 5.78 Å². The summed E-state index contributed by atoms with van der Waals surface area (Å²) in [6.07, 6.45) is 3.19. The predicted molar refractivity (Wildman–Crippen MR) is 122 cm³/mol. The summed E-state index contributed by atoms with van der Waals surface area (Å²) in [4.78, 5) is 36.5. The Kier molecular flexibility index (Phi) is 8.18. The van der Waals surface area contributed by atoms with Crippen molar-refractivity contribution in [1.82, 2.24) is 15.1 Å². The molecule has 0 unspecified atom stereocenters. The lowest BCUT2D eigenvalue weighted by molar-refractivity contribution is -0.122. The van der Waals surface area contributed by atoms with Crippen molar-refractivity contribution in [2.24, 2.45) is 0 Å². The molecule has 172 valence electrons. The van der Waals surface area contributed by atoms with Gasteiger partial charge in [0.2, 0.25) is 11.8 Å². The minimum absolute atomic E-state index is 0.0131. The quantitative estimate of drug-likeness (QED) is 0.435. The normalized spacial score (nSPS) is 10.4. The molecule has 0 saturated heterocycles. The number of nitrogens with zero attached hydrogens (tertiary/aromatic N) is 2. The molecule has 3 rings (SSSR count). The van der Waals surface area contributed by atoms with Gasteiger partial charge in [-0.2, -0.15) is 5.10 Å². The van der Waals surface area contributed by atoms with Crippen molar-refractivity contribution in [2.45, 2.75) is 25.9 Å². The number of aromatic nitrogens is 2. The largest absolute Gasteiger partial charge is 0.497 e. The SMILES string of the molecule is COc1ccc(CNC(=O)Cn2cc(NC(=O)CCC(=O)c3ccccc3)cn2)c(OC)c1. The molecule has 0 saturated carbocycles. The fourth-order valence-corrected chi connectivity index (χ4v) is 3.13. The summed E-state index contributed by atoms with van der Waals surface area (Å²) in [6.45, 7) is 0.271. The van der Waals surface area contributed by atoms with Crippen LogP contribution in [0.5, 0.6) is 11.5 Å². The lowest BCUT2D eigenvalue weighted by Gasteiger charge is -2.11. The van der Waals surface area contributed by atoms with Gasteiger partial charge < -0.3 is 20.1 Å². The van der Waals surface area contributed by atoms with Gasteiger partial charge in [0.25, 0.3) is 0 Å². The monoisotopic (exact) mass is 450 g/mol. The molecule has 0 aliphatic heterocycles. The predicted octanol–water partition coefficient (Wildman–Crippen LogP) is 2.82. The molecule has 0 spiro atoms. The van der Waals surface area contributed by atoms with E-state index in [0.717, 1.165) is 5.56 Å². The van der Waals surface area contributed by atoms with Gasteiger partial charge >= 0.3 is 0 Å². The first-order valence-electron chi connectivity index (χ1n) is 10.4. The van der Waals surface area contributed by atoms with Gasteiger partial charge in [0, 0.05) is 42.8 Å². The van der Waals surface area contributed by atoms with Crippen LogP contribution in [-0.4, -0.2) is 41.6 Å². The van der Waals surface area contributed by atoms with E-state index in [1.54, 1.807) is 56.8 Å². The number of ketones is 1. The molecular formula is C24H26N4O5. The molecule has 3 aromatic rings. The molecule has 0 aliphatic rings. The van der Waals surface area contributed by atoms with E-state index in [1.165, 1.54) is 10.9 Å². The third-order valence-corrected chi connectivity index (χ3v) is 4.87. The van der Waals surface area contributed by atoms with Crippen LogP contribution in [0.4, 0.5) is 5.69 Å². The number of methoxy groups -OCH3 is 2. The summed E-state index contributed by atoms with van der Waals surface area (Å²) in [5.41, 5.74) is 1.85. The van der Waals surface area contributed by atoms with Crippen LogP contribution >= 0.6 is 0 Å². The van der Waals surface area contributed by atoms with Crippen molar-refractivity contribution in [3.05, 3.63) is 72.1 Å². The van der Waals surface area contributed by atoms with Crippen LogP contribution in [-0.2, 0) is 22.7 Å². The average Bonchev–Trinajstić information content (AvgIpc) is 3.27. The summed E-state index contributed by atoms with van der Waals surface area (Å²) >= 11 is 0. The molecular weight excluding hydrogens is 424 g/mol. The summed E-state index contributed by atoms with van der Waals surface area (Å²) in [5.74, 6) is 0.644. The molecule has 1 heterocycles. The summed E-state index contributed by atoms with van der Waals surface area (Å²) in [7, 11) is 3.12. The molecule has 2 amide bonds. The zero-order valence-corrected chi connectivity index (χ0v) is 18.5. The maximum absolute atomic E-state index is 12.3. The highest BCUT2D eigenvalue weighted by atomic mass is 16.5. The zero-order valence-electron chi connectivity index (χ0n) is 18.5. The van der Waals surface area contributed by atoms with Crippen molar-refractivity contribution in [3.8, 4) is 11.5 Å². The number of carbonyl (C=O) groups is 3. The number of nitrogens with one attached hydrogen (secondary N) is 2. The Morgan fingerprint density at radius 3 is 2.48 bits per heavy atom. The lowest BCUT2D eigenvalue weighted by atomic mass is 10.1. The number of hydrogen-bond acceptors (Lipinski definition) is 6. The Morgan fingerprint density at radius 2 is 1.76 bits per heavy atom. The summed E-state index contributed by atoms with van der Waals surface area (Å²) < 4.78 is 11.9. The van der Waals surface area contributed by atoms with E-state index in [-0.39, 0.29) is 43.5 Å². The van der Waals surface area contributed by atoms with Crippen molar-refractivity contribution < 1.29 is 23.9 Å².